The van der Waals surface area contributed by atoms with Crippen LogP contribution in [0.15, 0.2) is 54.6 Å². The normalized spacial score (nSPS) is 24.4. The number of aliphatic hydroxyl groups is 1. The molecule has 0 saturated carbocycles. The van der Waals surface area contributed by atoms with Crippen LogP contribution in [0.4, 0.5) is 0 Å². The standard InChI is InChI=1S/C41H56Cl2N4O7/c1-25(2)20-34-39(51)53-33(27(4)37(49)36(43)30-14-12-28(13-15-30)23-47-18-16-44-17-19-47)8-7-9-35(48)46-32(22-29-11-10-26(3)31(42)21-29)38(50)45-24-41(5,6)40(52)54-34/h7,9-15,21,25,27,32-34,36-37,44,49H,8,16-20,22-24H2,1-6H3,(H,45,50)(H,46,48)/b9-7+/t27-,32+,33-,34-,36-,37+/m0/s1. The zero-order valence-corrected chi connectivity index (χ0v) is 33.7. The van der Waals surface area contributed by atoms with Crippen LogP contribution in [-0.2, 0) is 41.6 Å². The van der Waals surface area contributed by atoms with E-state index in [2.05, 4.69) is 20.9 Å². The first-order valence-corrected chi connectivity index (χ1v) is 19.6. The molecule has 2 aromatic carbocycles. The number of benzene rings is 2. The molecule has 2 aliphatic rings. The van der Waals surface area contributed by atoms with Gasteiger partial charge in [-0.3, -0.25) is 19.3 Å². The first-order valence-electron chi connectivity index (χ1n) is 18.8. The minimum Gasteiger partial charge on any atom is -0.459 e. The van der Waals surface area contributed by atoms with Crippen LogP contribution in [0.3, 0.4) is 0 Å². The summed E-state index contributed by atoms with van der Waals surface area (Å²) in [5.41, 5.74) is 2.22. The number of cyclic esters (lactones) is 2. The van der Waals surface area contributed by atoms with Crippen molar-refractivity contribution in [2.75, 3.05) is 32.7 Å². The van der Waals surface area contributed by atoms with Gasteiger partial charge in [-0.05, 0) is 67.5 Å². The highest BCUT2D eigenvalue weighted by molar-refractivity contribution is 6.31. The van der Waals surface area contributed by atoms with Crippen molar-refractivity contribution in [3.8, 4) is 0 Å². The Kier molecular flexibility index (Phi) is 15.9. The Labute approximate surface area is 329 Å². The molecule has 6 atom stereocenters. The van der Waals surface area contributed by atoms with E-state index in [0.717, 1.165) is 49.4 Å². The van der Waals surface area contributed by atoms with Gasteiger partial charge in [-0.1, -0.05) is 74.8 Å². The van der Waals surface area contributed by atoms with Gasteiger partial charge in [0.2, 0.25) is 11.8 Å². The zero-order valence-electron chi connectivity index (χ0n) is 32.2. The monoisotopic (exact) mass is 786 g/mol. The van der Waals surface area contributed by atoms with E-state index in [4.69, 9.17) is 32.7 Å². The molecule has 0 unspecified atom stereocenters. The average molecular weight is 788 g/mol. The van der Waals surface area contributed by atoms with E-state index in [1.165, 1.54) is 12.2 Å². The molecule has 1 fully saturated rings. The summed E-state index contributed by atoms with van der Waals surface area (Å²) in [5.74, 6) is -3.27. The van der Waals surface area contributed by atoms with Gasteiger partial charge in [-0.15, -0.1) is 11.6 Å². The molecule has 4 N–H and O–H groups in total. The maximum absolute atomic E-state index is 13.8. The van der Waals surface area contributed by atoms with Crippen LogP contribution >= 0.6 is 23.2 Å². The molecule has 0 bridgehead atoms. The van der Waals surface area contributed by atoms with Gasteiger partial charge < -0.3 is 30.5 Å². The van der Waals surface area contributed by atoms with E-state index < -0.39 is 64.8 Å². The smallest absolute Gasteiger partial charge is 0.347 e. The fraction of sp³-hybridized carbons (Fsp3) is 0.561. The number of ether oxygens (including phenoxy) is 2. The molecule has 296 valence electrons. The quantitative estimate of drug-likeness (QED) is 0.193. The van der Waals surface area contributed by atoms with Crippen LogP contribution in [0.5, 0.6) is 0 Å². The third kappa shape index (κ3) is 12.5. The predicted octanol–water partition coefficient (Wildman–Crippen LogP) is 5.03. The SMILES string of the molecule is Cc1ccc(C[C@H]2NC(=O)/C=C/C[C@@H]([C@H](C)[C@@H](O)[C@@H](Cl)c3ccc(CN4CCNCC4)cc3)OC(=O)[C@H](CC(C)C)OC(=O)C(C)(C)CNC2=O)cc1Cl. The summed E-state index contributed by atoms with van der Waals surface area (Å²) in [5, 5.41) is 20.2. The van der Waals surface area contributed by atoms with Crippen LogP contribution in [0.25, 0.3) is 0 Å². The second kappa shape index (κ2) is 19.9. The summed E-state index contributed by atoms with van der Waals surface area (Å²) in [6, 6.07) is 12.2. The molecule has 4 rings (SSSR count). The second-order valence-electron chi connectivity index (χ2n) is 15.6. The lowest BCUT2D eigenvalue weighted by molar-refractivity contribution is -0.180. The van der Waals surface area contributed by atoms with Crippen molar-refractivity contribution in [1.82, 2.24) is 20.9 Å². The van der Waals surface area contributed by atoms with E-state index in [0.29, 0.717) is 10.6 Å². The lowest BCUT2D eigenvalue weighted by Crippen LogP contribution is -2.51. The van der Waals surface area contributed by atoms with Crippen LogP contribution in [0, 0.1) is 24.2 Å². The van der Waals surface area contributed by atoms with Crippen LogP contribution in [0.2, 0.25) is 5.02 Å². The molecular weight excluding hydrogens is 731 g/mol. The highest BCUT2D eigenvalue weighted by Gasteiger charge is 2.38. The number of piperazine rings is 1. The third-order valence-electron chi connectivity index (χ3n) is 10.0. The van der Waals surface area contributed by atoms with Gasteiger partial charge in [0.15, 0.2) is 6.10 Å². The Bertz CT molecular complexity index is 1630. The van der Waals surface area contributed by atoms with E-state index in [-0.39, 0.29) is 31.7 Å². The molecule has 1 saturated heterocycles. The van der Waals surface area contributed by atoms with Crippen LogP contribution in [0.1, 0.15) is 75.1 Å². The third-order valence-corrected chi connectivity index (χ3v) is 10.9. The number of aryl methyl sites for hydroxylation is 1. The Hall–Kier alpha value is -3.48. The summed E-state index contributed by atoms with van der Waals surface area (Å²) in [4.78, 5) is 56.4. The van der Waals surface area contributed by atoms with Crippen LogP contribution < -0.4 is 16.0 Å². The zero-order chi connectivity index (χ0) is 39.6. The summed E-state index contributed by atoms with van der Waals surface area (Å²) in [7, 11) is 0. The van der Waals surface area contributed by atoms with Gasteiger partial charge in [0, 0.05) is 63.1 Å². The summed E-state index contributed by atoms with van der Waals surface area (Å²) >= 11 is 13.2. The minimum absolute atomic E-state index is 0.0307. The van der Waals surface area contributed by atoms with Gasteiger partial charge in [0.05, 0.1) is 16.9 Å². The molecule has 54 heavy (non-hydrogen) atoms. The van der Waals surface area contributed by atoms with Gasteiger partial charge in [0.1, 0.15) is 12.1 Å². The number of esters is 2. The van der Waals surface area contributed by atoms with Crippen molar-refractivity contribution in [1.29, 1.82) is 0 Å². The number of alkyl halides is 1. The van der Waals surface area contributed by atoms with Crippen molar-refractivity contribution in [3.05, 3.63) is 81.9 Å². The molecule has 2 amide bonds. The fourth-order valence-corrected chi connectivity index (χ4v) is 6.94. The predicted molar refractivity (Wildman–Crippen MR) is 210 cm³/mol. The number of nitrogens with one attached hydrogen (secondary N) is 3. The Morgan fingerprint density at radius 2 is 1.65 bits per heavy atom. The molecule has 11 nitrogen and oxygen atoms in total. The molecular formula is C41H56Cl2N4O7. The molecule has 2 heterocycles. The number of aliphatic hydroxyl groups excluding tert-OH is 1. The van der Waals surface area contributed by atoms with E-state index in [9.17, 15) is 24.3 Å². The van der Waals surface area contributed by atoms with Gasteiger partial charge in [-0.25, -0.2) is 4.79 Å². The Morgan fingerprint density at radius 3 is 2.30 bits per heavy atom. The summed E-state index contributed by atoms with van der Waals surface area (Å²) in [6.07, 6.45) is -0.182. The van der Waals surface area contributed by atoms with E-state index >= 15 is 0 Å². The molecule has 0 aromatic heterocycles. The summed E-state index contributed by atoms with van der Waals surface area (Å²) in [6.45, 7) is 15.1. The highest BCUT2D eigenvalue weighted by atomic mass is 35.5. The molecule has 13 heteroatoms. The maximum atomic E-state index is 13.8. The average Bonchev–Trinajstić information content (AvgIpc) is 3.13. The molecule has 2 aliphatic heterocycles. The van der Waals surface area contributed by atoms with Crippen molar-refractivity contribution < 1.29 is 33.8 Å². The molecule has 2 aromatic rings. The fourth-order valence-electron chi connectivity index (χ4n) is 6.36. The maximum Gasteiger partial charge on any atom is 0.347 e. The summed E-state index contributed by atoms with van der Waals surface area (Å²) < 4.78 is 11.8. The molecule has 0 radical (unpaired) electrons. The number of halogens is 2. The van der Waals surface area contributed by atoms with E-state index in [1.54, 1.807) is 26.8 Å². The van der Waals surface area contributed by atoms with Gasteiger partial charge in [-0.2, -0.15) is 0 Å². The minimum atomic E-state index is -1.24. The molecule has 0 spiro atoms. The van der Waals surface area contributed by atoms with Crippen molar-refractivity contribution in [3.63, 3.8) is 0 Å². The second-order valence-corrected chi connectivity index (χ2v) is 16.5. The molecule has 0 aliphatic carbocycles. The number of carbonyl (C=O) groups is 4. The number of rotatable bonds is 10. The van der Waals surface area contributed by atoms with Crippen molar-refractivity contribution >= 4 is 47.0 Å². The van der Waals surface area contributed by atoms with Crippen LogP contribution in [-0.4, -0.2) is 90.8 Å². The topological polar surface area (TPSA) is 146 Å². The Balaban J connectivity index is 1.58. The number of carbonyl (C=O) groups excluding carboxylic acids is 4. The first-order chi connectivity index (χ1) is 25.5. The number of hydrogen-bond donors (Lipinski definition) is 4. The van der Waals surface area contributed by atoms with Gasteiger partial charge in [0.25, 0.3) is 0 Å². The lowest BCUT2D eigenvalue weighted by Gasteiger charge is -2.32. The highest BCUT2D eigenvalue weighted by Crippen LogP contribution is 2.33. The number of hydrogen-bond acceptors (Lipinski definition) is 9. The van der Waals surface area contributed by atoms with Crippen molar-refractivity contribution in [2.24, 2.45) is 17.3 Å². The lowest BCUT2D eigenvalue weighted by atomic mass is 9.90. The van der Waals surface area contributed by atoms with Crippen molar-refractivity contribution in [2.45, 2.75) is 97.1 Å². The van der Waals surface area contributed by atoms with E-state index in [1.807, 2.05) is 57.2 Å². The Morgan fingerprint density at radius 1 is 0.981 bits per heavy atom. The largest absolute Gasteiger partial charge is 0.459 e. The number of nitrogens with zero attached hydrogens (tertiary/aromatic N) is 1. The number of amides is 2. The first kappa shape index (κ1) is 43.3. The van der Waals surface area contributed by atoms with Gasteiger partial charge >= 0.3 is 11.9 Å².